The number of aromatic nitrogens is 2. The van der Waals surface area contributed by atoms with Gasteiger partial charge in [0.25, 0.3) is 0 Å². The second-order valence-corrected chi connectivity index (χ2v) is 8.12. The molecule has 1 aromatic heterocycles. The molecular weight excluding hydrogens is 442 g/mol. The highest BCUT2D eigenvalue weighted by Crippen LogP contribution is 2.32. The Morgan fingerprint density at radius 3 is 1.90 bits per heavy atom. The van der Waals surface area contributed by atoms with Gasteiger partial charge in [0.05, 0.1) is 31.8 Å². The van der Waals surface area contributed by atoms with Crippen molar-refractivity contribution < 1.29 is 9.47 Å². The van der Waals surface area contributed by atoms with E-state index < -0.39 is 0 Å². The molecule has 0 fully saturated rings. The molecule has 30 heavy (non-hydrogen) atoms. The minimum atomic E-state index is 0.748. The van der Waals surface area contributed by atoms with Crippen LogP contribution in [0.1, 0.15) is 11.1 Å². The van der Waals surface area contributed by atoms with Crippen molar-refractivity contribution in [1.29, 1.82) is 0 Å². The van der Waals surface area contributed by atoms with Gasteiger partial charge in [-0.15, -0.1) is 0 Å². The van der Waals surface area contributed by atoms with E-state index >= 15 is 0 Å². The Balaban J connectivity index is 1.74. The maximum atomic E-state index is 5.31. The number of rotatable bonds is 7. The average molecular weight is 466 g/mol. The summed E-state index contributed by atoms with van der Waals surface area (Å²) in [5.74, 6) is 1.71. The molecular formula is C24H24BrN3O2. The molecule has 4 aromatic rings. The molecule has 0 spiro atoms. The molecule has 0 radical (unpaired) electrons. The van der Waals surface area contributed by atoms with Gasteiger partial charge in [0.2, 0.25) is 0 Å². The summed E-state index contributed by atoms with van der Waals surface area (Å²) in [6, 6.07) is 20.7. The molecule has 0 N–H and O–H groups in total. The number of imidazole rings is 1. The third kappa shape index (κ3) is 4.28. The van der Waals surface area contributed by atoms with Crippen LogP contribution < -0.4 is 14.4 Å². The topological polar surface area (TPSA) is 39.5 Å². The lowest BCUT2D eigenvalue weighted by molar-refractivity contribution is 0.414. The minimum absolute atomic E-state index is 0.748. The summed E-state index contributed by atoms with van der Waals surface area (Å²) in [4.78, 5) is 7.03. The number of fused-ring (bicyclic) bond motifs is 1. The Morgan fingerprint density at radius 1 is 0.867 bits per heavy atom. The van der Waals surface area contributed by atoms with Crippen LogP contribution in [0.2, 0.25) is 0 Å². The number of aryl methyl sites for hydroxylation is 1. The second kappa shape index (κ2) is 8.79. The first-order chi connectivity index (χ1) is 14.6. The molecule has 1 heterocycles. The van der Waals surface area contributed by atoms with E-state index in [1.54, 1.807) is 14.2 Å². The molecule has 0 aliphatic heterocycles. The summed E-state index contributed by atoms with van der Waals surface area (Å²) in [5.41, 5.74) is 5.57. The van der Waals surface area contributed by atoms with Crippen LogP contribution in [-0.4, -0.2) is 23.8 Å². The van der Waals surface area contributed by atoms with Crippen molar-refractivity contribution in [3.8, 4) is 11.5 Å². The smallest absolute Gasteiger partial charge is 0.118 e. The standard InChI is InChI=1S/C24H24BrN3O2/c1-27-16-26-24-22(27)12-19(25)13-23(24)28(14-17-4-8-20(29-2)9-5-17)15-18-6-10-21(30-3)11-7-18/h4-13,16H,14-15H2,1-3H3. The van der Waals surface area contributed by atoms with E-state index in [4.69, 9.17) is 9.47 Å². The van der Waals surface area contributed by atoms with Gasteiger partial charge >= 0.3 is 0 Å². The van der Waals surface area contributed by atoms with Gasteiger partial charge in [-0.25, -0.2) is 4.98 Å². The van der Waals surface area contributed by atoms with Crippen LogP contribution in [0.3, 0.4) is 0 Å². The predicted molar refractivity (Wildman–Crippen MR) is 124 cm³/mol. The quantitative estimate of drug-likeness (QED) is 0.358. The molecule has 3 aromatic carbocycles. The Labute approximate surface area is 185 Å². The zero-order valence-corrected chi connectivity index (χ0v) is 18.9. The molecule has 0 amide bonds. The van der Waals surface area contributed by atoms with Crippen molar-refractivity contribution in [2.75, 3.05) is 19.1 Å². The Bertz CT molecular complexity index is 1090. The molecule has 154 valence electrons. The van der Waals surface area contributed by atoms with Gasteiger partial charge in [0.1, 0.15) is 17.0 Å². The molecule has 4 rings (SSSR count). The van der Waals surface area contributed by atoms with Gasteiger partial charge in [-0.2, -0.15) is 0 Å². The van der Waals surface area contributed by atoms with E-state index in [9.17, 15) is 0 Å². The first-order valence-corrected chi connectivity index (χ1v) is 10.5. The number of hydrogen-bond acceptors (Lipinski definition) is 4. The van der Waals surface area contributed by atoms with E-state index in [0.29, 0.717) is 0 Å². The molecule has 0 aliphatic rings. The average Bonchev–Trinajstić information content (AvgIpc) is 3.14. The van der Waals surface area contributed by atoms with Gasteiger partial charge in [0, 0.05) is 24.6 Å². The minimum Gasteiger partial charge on any atom is -0.497 e. The van der Waals surface area contributed by atoms with Crippen LogP contribution in [-0.2, 0) is 20.1 Å². The number of methoxy groups -OCH3 is 2. The molecule has 0 aliphatic carbocycles. The van der Waals surface area contributed by atoms with Crippen molar-refractivity contribution in [2.45, 2.75) is 13.1 Å². The van der Waals surface area contributed by atoms with Crippen LogP contribution in [0.15, 0.2) is 71.5 Å². The van der Waals surface area contributed by atoms with E-state index in [1.807, 2.05) is 42.2 Å². The summed E-state index contributed by atoms with van der Waals surface area (Å²) in [7, 11) is 5.39. The fraction of sp³-hybridized carbons (Fsp3) is 0.208. The molecule has 0 atom stereocenters. The highest BCUT2D eigenvalue weighted by atomic mass is 79.9. The molecule has 5 nitrogen and oxygen atoms in total. The maximum Gasteiger partial charge on any atom is 0.118 e. The van der Waals surface area contributed by atoms with Crippen LogP contribution in [0.4, 0.5) is 5.69 Å². The van der Waals surface area contributed by atoms with Crippen LogP contribution in [0.25, 0.3) is 11.0 Å². The molecule has 0 bridgehead atoms. The Kier molecular flexibility index (Phi) is 5.95. The normalized spacial score (nSPS) is 10.9. The number of anilines is 1. The maximum absolute atomic E-state index is 5.31. The lowest BCUT2D eigenvalue weighted by atomic mass is 10.1. The first-order valence-electron chi connectivity index (χ1n) is 9.69. The summed E-state index contributed by atoms with van der Waals surface area (Å²) in [5, 5.41) is 0. The zero-order chi connectivity index (χ0) is 21.1. The van der Waals surface area contributed by atoms with Crippen molar-refractivity contribution in [3.63, 3.8) is 0 Å². The van der Waals surface area contributed by atoms with Crippen molar-refractivity contribution in [3.05, 3.63) is 82.6 Å². The van der Waals surface area contributed by atoms with E-state index in [1.165, 1.54) is 11.1 Å². The summed E-state index contributed by atoms with van der Waals surface area (Å²) in [6.07, 6.45) is 1.86. The van der Waals surface area contributed by atoms with Gasteiger partial charge in [-0.3, -0.25) is 0 Å². The fourth-order valence-corrected chi connectivity index (χ4v) is 3.98. The lowest BCUT2D eigenvalue weighted by Crippen LogP contribution is -2.22. The van der Waals surface area contributed by atoms with Crippen molar-refractivity contribution in [2.24, 2.45) is 7.05 Å². The number of hydrogen-bond donors (Lipinski definition) is 0. The molecule has 0 saturated heterocycles. The van der Waals surface area contributed by atoms with E-state index in [-0.39, 0.29) is 0 Å². The monoisotopic (exact) mass is 465 g/mol. The number of benzene rings is 3. The third-order valence-electron chi connectivity index (χ3n) is 5.18. The first kappa shape index (κ1) is 20.3. The molecule has 0 unspecified atom stereocenters. The molecule has 6 heteroatoms. The second-order valence-electron chi connectivity index (χ2n) is 7.20. The third-order valence-corrected chi connectivity index (χ3v) is 5.64. The highest BCUT2D eigenvalue weighted by Gasteiger charge is 2.16. The van der Waals surface area contributed by atoms with Crippen molar-refractivity contribution >= 4 is 32.7 Å². The molecule has 0 saturated carbocycles. The summed E-state index contributed by atoms with van der Waals surface area (Å²) in [6.45, 7) is 1.50. The predicted octanol–water partition coefficient (Wildman–Crippen LogP) is 5.56. The van der Waals surface area contributed by atoms with Crippen LogP contribution in [0.5, 0.6) is 11.5 Å². The number of halogens is 1. The largest absolute Gasteiger partial charge is 0.497 e. The summed E-state index contributed by atoms with van der Waals surface area (Å²) < 4.78 is 13.7. The van der Waals surface area contributed by atoms with Crippen molar-refractivity contribution in [1.82, 2.24) is 9.55 Å². The number of nitrogens with zero attached hydrogens (tertiary/aromatic N) is 3. The van der Waals surface area contributed by atoms with Crippen LogP contribution >= 0.6 is 15.9 Å². The van der Waals surface area contributed by atoms with E-state index in [2.05, 4.69) is 62.2 Å². The van der Waals surface area contributed by atoms with Gasteiger partial charge in [-0.05, 0) is 47.5 Å². The summed E-state index contributed by atoms with van der Waals surface area (Å²) >= 11 is 3.68. The van der Waals surface area contributed by atoms with Crippen LogP contribution in [0, 0.1) is 0 Å². The number of ether oxygens (including phenoxy) is 2. The zero-order valence-electron chi connectivity index (χ0n) is 17.3. The van der Waals surface area contributed by atoms with Gasteiger partial charge < -0.3 is 18.9 Å². The van der Waals surface area contributed by atoms with E-state index in [0.717, 1.165) is 45.8 Å². The fourth-order valence-electron chi connectivity index (χ4n) is 3.55. The SMILES string of the molecule is COc1ccc(CN(Cc2ccc(OC)cc2)c2cc(Br)cc3c2ncn3C)cc1. The Hall–Kier alpha value is -2.99. The lowest BCUT2D eigenvalue weighted by Gasteiger charge is -2.26. The van der Waals surface area contributed by atoms with Gasteiger partial charge in [0.15, 0.2) is 0 Å². The Morgan fingerprint density at radius 2 is 1.40 bits per heavy atom. The highest BCUT2D eigenvalue weighted by molar-refractivity contribution is 9.10. The van der Waals surface area contributed by atoms with Gasteiger partial charge in [-0.1, -0.05) is 40.2 Å².